The molecule has 3 heteroatoms. The van der Waals surface area contributed by atoms with Gasteiger partial charge in [-0.25, -0.2) is 0 Å². The highest BCUT2D eigenvalue weighted by Crippen LogP contribution is 2.35. The van der Waals surface area contributed by atoms with Gasteiger partial charge in [0.2, 0.25) is 0 Å². The van der Waals surface area contributed by atoms with Crippen LogP contribution in [0.4, 0.5) is 0 Å². The Labute approximate surface area is 115 Å². The summed E-state index contributed by atoms with van der Waals surface area (Å²) in [5.41, 5.74) is 0.920. The first-order valence-corrected chi connectivity index (χ1v) is 7.14. The highest BCUT2D eigenvalue weighted by Gasteiger charge is 2.19. The van der Waals surface area contributed by atoms with Crippen LogP contribution < -0.4 is 9.47 Å². The number of hydrogen-bond donors (Lipinski definition) is 1. The standard InChI is InChI=1S/C16H24O3/c1-18-15-9-8-13(11-16(15)19-2)14(17)10-12-6-4-3-5-7-12/h8-9,11-12,14,17H,3-7,10H2,1-2H3. The van der Waals surface area contributed by atoms with Crippen molar-refractivity contribution in [2.45, 2.75) is 44.6 Å². The lowest BCUT2D eigenvalue weighted by Gasteiger charge is -2.24. The van der Waals surface area contributed by atoms with Crippen LogP contribution >= 0.6 is 0 Å². The minimum absolute atomic E-state index is 0.400. The Bertz CT molecular complexity index is 397. The van der Waals surface area contributed by atoms with Gasteiger partial charge in [-0.1, -0.05) is 38.2 Å². The smallest absolute Gasteiger partial charge is 0.161 e. The van der Waals surface area contributed by atoms with Crippen molar-refractivity contribution in [3.05, 3.63) is 23.8 Å². The van der Waals surface area contributed by atoms with Gasteiger partial charge in [-0.2, -0.15) is 0 Å². The average Bonchev–Trinajstić information content (AvgIpc) is 2.47. The van der Waals surface area contributed by atoms with E-state index in [1.165, 1.54) is 32.1 Å². The summed E-state index contributed by atoms with van der Waals surface area (Å²) >= 11 is 0. The molecule has 1 aliphatic rings. The molecule has 0 aliphatic heterocycles. The lowest BCUT2D eigenvalue weighted by atomic mass is 9.84. The Morgan fingerprint density at radius 3 is 2.42 bits per heavy atom. The lowest BCUT2D eigenvalue weighted by Crippen LogP contribution is -2.11. The van der Waals surface area contributed by atoms with E-state index < -0.39 is 6.10 Å². The van der Waals surface area contributed by atoms with E-state index in [1.807, 2.05) is 18.2 Å². The second-order valence-corrected chi connectivity index (χ2v) is 5.37. The molecule has 0 amide bonds. The topological polar surface area (TPSA) is 38.7 Å². The maximum Gasteiger partial charge on any atom is 0.161 e. The van der Waals surface area contributed by atoms with Crippen molar-refractivity contribution in [1.29, 1.82) is 0 Å². The second kappa shape index (κ2) is 6.80. The monoisotopic (exact) mass is 264 g/mol. The van der Waals surface area contributed by atoms with Gasteiger partial charge in [-0.15, -0.1) is 0 Å². The Balaban J connectivity index is 2.03. The van der Waals surface area contributed by atoms with Crippen LogP contribution in [0.15, 0.2) is 18.2 Å². The van der Waals surface area contributed by atoms with Crippen LogP contribution in [0.2, 0.25) is 0 Å². The molecule has 1 aromatic carbocycles. The molecule has 1 aliphatic carbocycles. The average molecular weight is 264 g/mol. The third kappa shape index (κ3) is 3.63. The van der Waals surface area contributed by atoms with Crippen molar-refractivity contribution < 1.29 is 14.6 Å². The van der Waals surface area contributed by atoms with Crippen molar-refractivity contribution in [2.24, 2.45) is 5.92 Å². The maximum absolute atomic E-state index is 10.4. The molecular weight excluding hydrogens is 240 g/mol. The highest BCUT2D eigenvalue weighted by atomic mass is 16.5. The van der Waals surface area contributed by atoms with Gasteiger partial charge in [0.25, 0.3) is 0 Å². The van der Waals surface area contributed by atoms with Gasteiger partial charge in [-0.05, 0) is 30.0 Å². The molecule has 106 valence electrons. The second-order valence-electron chi connectivity index (χ2n) is 5.37. The Morgan fingerprint density at radius 1 is 1.11 bits per heavy atom. The molecular formula is C16H24O3. The van der Waals surface area contributed by atoms with Crippen LogP contribution in [0.1, 0.15) is 50.2 Å². The lowest BCUT2D eigenvalue weighted by molar-refractivity contribution is 0.131. The minimum atomic E-state index is -0.400. The maximum atomic E-state index is 10.4. The number of benzene rings is 1. The fourth-order valence-corrected chi connectivity index (χ4v) is 2.93. The summed E-state index contributed by atoms with van der Waals surface area (Å²) in [6.07, 6.45) is 6.93. The minimum Gasteiger partial charge on any atom is -0.493 e. The number of methoxy groups -OCH3 is 2. The first kappa shape index (κ1) is 14.2. The van der Waals surface area contributed by atoms with Crippen LogP contribution in [-0.4, -0.2) is 19.3 Å². The quantitative estimate of drug-likeness (QED) is 0.881. The fourth-order valence-electron chi connectivity index (χ4n) is 2.93. The Hall–Kier alpha value is -1.22. The molecule has 3 nitrogen and oxygen atoms in total. The molecule has 0 saturated heterocycles. The number of rotatable bonds is 5. The predicted octanol–water partition coefficient (Wildman–Crippen LogP) is 3.71. The van der Waals surface area contributed by atoms with Crippen molar-refractivity contribution in [3.63, 3.8) is 0 Å². The molecule has 0 spiro atoms. The summed E-state index contributed by atoms with van der Waals surface area (Å²) < 4.78 is 10.5. The largest absolute Gasteiger partial charge is 0.493 e. The van der Waals surface area contributed by atoms with E-state index in [2.05, 4.69) is 0 Å². The number of aliphatic hydroxyl groups is 1. The summed E-state index contributed by atoms with van der Waals surface area (Å²) in [5, 5.41) is 10.4. The summed E-state index contributed by atoms with van der Waals surface area (Å²) in [7, 11) is 3.24. The molecule has 1 unspecified atom stereocenters. The molecule has 0 aromatic heterocycles. The molecule has 0 radical (unpaired) electrons. The molecule has 0 bridgehead atoms. The molecule has 1 atom stereocenters. The van der Waals surface area contributed by atoms with Crippen molar-refractivity contribution in [1.82, 2.24) is 0 Å². The summed E-state index contributed by atoms with van der Waals surface area (Å²) in [5.74, 6) is 2.05. The van der Waals surface area contributed by atoms with E-state index in [0.29, 0.717) is 17.4 Å². The van der Waals surface area contributed by atoms with Crippen molar-refractivity contribution in [2.75, 3.05) is 14.2 Å². The van der Waals surface area contributed by atoms with Gasteiger partial charge in [0.05, 0.1) is 20.3 Å². The zero-order valence-corrected chi connectivity index (χ0v) is 11.9. The third-order valence-electron chi connectivity index (χ3n) is 4.07. The van der Waals surface area contributed by atoms with Gasteiger partial charge in [-0.3, -0.25) is 0 Å². The zero-order valence-electron chi connectivity index (χ0n) is 11.9. The highest BCUT2D eigenvalue weighted by molar-refractivity contribution is 5.43. The van der Waals surface area contributed by atoms with E-state index in [1.54, 1.807) is 14.2 Å². The number of aliphatic hydroxyl groups excluding tert-OH is 1. The van der Waals surface area contributed by atoms with Gasteiger partial charge in [0, 0.05) is 0 Å². The SMILES string of the molecule is COc1ccc(C(O)CC2CCCCC2)cc1OC. The summed E-state index contributed by atoms with van der Waals surface area (Å²) in [6, 6.07) is 5.67. The van der Waals surface area contributed by atoms with Gasteiger partial charge in [0.1, 0.15) is 0 Å². The molecule has 19 heavy (non-hydrogen) atoms. The molecule has 2 rings (SSSR count). The van der Waals surface area contributed by atoms with Crippen molar-refractivity contribution >= 4 is 0 Å². The molecule has 1 N–H and O–H groups in total. The van der Waals surface area contributed by atoms with Crippen LogP contribution in [0, 0.1) is 5.92 Å². The van der Waals surface area contributed by atoms with Crippen LogP contribution in [0.3, 0.4) is 0 Å². The van der Waals surface area contributed by atoms with Gasteiger partial charge >= 0.3 is 0 Å². The van der Waals surface area contributed by atoms with Crippen LogP contribution in [-0.2, 0) is 0 Å². The fraction of sp³-hybridized carbons (Fsp3) is 0.625. The molecule has 1 fully saturated rings. The summed E-state index contributed by atoms with van der Waals surface area (Å²) in [4.78, 5) is 0. The van der Waals surface area contributed by atoms with Gasteiger partial charge < -0.3 is 14.6 Å². The van der Waals surface area contributed by atoms with E-state index >= 15 is 0 Å². The Kier molecular flexibility index (Phi) is 5.08. The van der Waals surface area contributed by atoms with Crippen LogP contribution in [0.25, 0.3) is 0 Å². The number of hydrogen-bond acceptors (Lipinski definition) is 3. The van der Waals surface area contributed by atoms with Gasteiger partial charge in [0.15, 0.2) is 11.5 Å². The third-order valence-corrected chi connectivity index (χ3v) is 4.07. The molecule has 0 heterocycles. The molecule has 1 aromatic rings. The zero-order chi connectivity index (χ0) is 13.7. The molecule has 1 saturated carbocycles. The number of ether oxygens (including phenoxy) is 2. The summed E-state index contributed by atoms with van der Waals surface area (Å²) in [6.45, 7) is 0. The van der Waals surface area contributed by atoms with E-state index in [0.717, 1.165) is 12.0 Å². The van der Waals surface area contributed by atoms with E-state index in [4.69, 9.17) is 9.47 Å². The van der Waals surface area contributed by atoms with E-state index in [-0.39, 0.29) is 0 Å². The first-order chi connectivity index (χ1) is 9.24. The predicted molar refractivity (Wildman–Crippen MR) is 75.7 cm³/mol. The first-order valence-electron chi connectivity index (χ1n) is 7.14. The van der Waals surface area contributed by atoms with E-state index in [9.17, 15) is 5.11 Å². The Morgan fingerprint density at radius 2 is 1.79 bits per heavy atom. The normalized spacial score (nSPS) is 18.1. The van der Waals surface area contributed by atoms with Crippen molar-refractivity contribution in [3.8, 4) is 11.5 Å². The van der Waals surface area contributed by atoms with Crippen LogP contribution in [0.5, 0.6) is 11.5 Å².